The minimum atomic E-state index is -1.28. The second kappa shape index (κ2) is 7.50. The van der Waals surface area contributed by atoms with Crippen LogP contribution in [0.4, 0.5) is 0 Å². The molecule has 1 heterocycles. The molecule has 0 radical (unpaired) electrons. The van der Waals surface area contributed by atoms with Crippen molar-refractivity contribution in [1.29, 1.82) is 0 Å². The molecule has 0 fully saturated rings. The van der Waals surface area contributed by atoms with E-state index < -0.39 is 11.2 Å². The highest BCUT2D eigenvalue weighted by Gasteiger charge is 2.16. The molecule has 0 aliphatic carbocycles. The van der Waals surface area contributed by atoms with Gasteiger partial charge in [0.2, 0.25) is 0 Å². The molecule has 0 saturated heterocycles. The van der Waals surface area contributed by atoms with Crippen LogP contribution < -0.4 is 10.3 Å². The van der Waals surface area contributed by atoms with E-state index in [9.17, 15) is 9.35 Å². The normalized spacial score (nSPS) is 12.0. The molecule has 0 aliphatic heterocycles. The average Bonchev–Trinajstić information content (AvgIpc) is 2.54. The van der Waals surface area contributed by atoms with E-state index in [-0.39, 0.29) is 11.3 Å². The van der Waals surface area contributed by atoms with Crippen LogP contribution in [0.25, 0.3) is 12.2 Å². The Bertz CT molecular complexity index is 757. The standard InChI is InChI=1S/C16H14N2O3S/c1-3-10-22(20)15-8-5-12(11-14(15)21-2)4-6-13-7-9-16(19)18-17-13/h1,4-9,11H,10H2,2H3,(H,18,19)/b6-4+. The van der Waals surface area contributed by atoms with Gasteiger partial charge >= 0.3 is 0 Å². The summed E-state index contributed by atoms with van der Waals surface area (Å²) in [5.74, 6) is 3.04. The van der Waals surface area contributed by atoms with Crippen molar-refractivity contribution in [3.63, 3.8) is 0 Å². The number of methoxy groups -OCH3 is 1. The second-order valence-corrected chi connectivity index (χ2v) is 5.70. The molecule has 5 nitrogen and oxygen atoms in total. The third-order valence-electron chi connectivity index (χ3n) is 2.79. The molecule has 0 aliphatic rings. The first-order chi connectivity index (χ1) is 10.6. The van der Waals surface area contributed by atoms with Gasteiger partial charge in [-0.2, -0.15) is 5.10 Å². The van der Waals surface area contributed by atoms with Crippen LogP contribution >= 0.6 is 0 Å². The molecule has 112 valence electrons. The second-order valence-electron chi connectivity index (χ2n) is 4.28. The maximum Gasteiger partial charge on any atom is 0.264 e. The van der Waals surface area contributed by atoms with E-state index in [4.69, 9.17) is 11.2 Å². The quantitative estimate of drug-likeness (QED) is 0.673. The Kier molecular flexibility index (Phi) is 5.42. The van der Waals surface area contributed by atoms with Crippen LogP contribution in [0, 0.1) is 12.3 Å². The number of terminal acetylenes is 1. The summed E-state index contributed by atoms with van der Waals surface area (Å²) < 4.78 is 17.2. The van der Waals surface area contributed by atoms with E-state index in [1.165, 1.54) is 13.2 Å². The Morgan fingerprint density at radius 1 is 1.41 bits per heavy atom. The van der Waals surface area contributed by atoms with Crippen molar-refractivity contribution in [2.75, 3.05) is 12.9 Å². The van der Waals surface area contributed by atoms with Gasteiger partial charge in [-0.3, -0.25) is 4.79 Å². The summed E-state index contributed by atoms with van der Waals surface area (Å²) in [5, 5.41) is 6.24. The average molecular weight is 314 g/mol. The van der Waals surface area contributed by atoms with Crippen molar-refractivity contribution >= 4 is 23.3 Å². The lowest BCUT2D eigenvalue weighted by molar-refractivity contribution is 0.402. The summed E-state index contributed by atoms with van der Waals surface area (Å²) in [6.07, 6.45) is 8.75. The van der Waals surface area contributed by atoms with Crippen LogP contribution in [0.15, 0.2) is 40.0 Å². The molecule has 6 heteroatoms. The minimum Gasteiger partial charge on any atom is -0.611 e. The Morgan fingerprint density at radius 2 is 2.23 bits per heavy atom. The topological polar surface area (TPSA) is 78.0 Å². The van der Waals surface area contributed by atoms with Gasteiger partial charge in [-0.1, -0.05) is 12.0 Å². The summed E-state index contributed by atoms with van der Waals surface area (Å²) in [7, 11) is 1.52. The first-order valence-electron chi connectivity index (χ1n) is 6.37. The molecule has 0 spiro atoms. The summed E-state index contributed by atoms with van der Waals surface area (Å²) in [6, 6.07) is 8.33. The van der Waals surface area contributed by atoms with Crippen molar-refractivity contribution in [3.05, 3.63) is 51.9 Å². The molecule has 1 aromatic carbocycles. The molecule has 0 amide bonds. The number of nitrogens with one attached hydrogen (secondary N) is 1. The van der Waals surface area contributed by atoms with Gasteiger partial charge in [0.1, 0.15) is 0 Å². The van der Waals surface area contributed by atoms with Crippen molar-refractivity contribution in [3.8, 4) is 18.1 Å². The SMILES string of the molecule is C#CC[S+]([O-])c1ccc(/C=C/c2ccc(=O)[nH]n2)cc1OC. The van der Waals surface area contributed by atoms with Gasteiger partial charge in [0.05, 0.1) is 12.8 Å². The van der Waals surface area contributed by atoms with Gasteiger partial charge in [0.15, 0.2) is 16.4 Å². The number of hydrogen-bond donors (Lipinski definition) is 1. The predicted molar refractivity (Wildman–Crippen MR) is 86.9 cm³/mol. The Hall–Kier alpha value is -2.49. The van der Waals surface area contributed by atoms with Crippen LogP contribution in [-0.4, -0.2) is 27.6 Å². The van der Waals surface area contributed by atoms with Crippen LogP contribution in [0.1, 0.15) is 11.3 Å². The van der Waals surface area contributed by atoms with Crippen LogP contribution in [-0.2, 0) is 11.2 Å². The highest BCUT2D eigenvalue weighted by Crippen LogP contribution is 2.26. The number of nitrogens with zero attached hydrogens (tertiary/aromatic N) is 1. The first kappa shape index (κ1) is 15.9. The van der Waals surface area contributed by atoms with E-state index >= 15 is 0 Å². The number of ether oxygens (including phenoxy) is 1. The van der Waals surface area contributed by atoms with E-state index in [2.05, 4.69) is 16.1 Å². The molecule has 2 aromatic rings. The largest absolute Gasteiger partial charge is 0.611 e. The number of aromatic amines is 1. The van der Waals surface area contributed by atoms with Gasteiger partial charge in [-0.05, 0) is 35.9 Å². The van der Waals surface area contributed by atoms with Gasteiger partial charge in [-0.15, -0.1) is 6.42 Å². The van der Waals surface area contributed by atoms with Gasteiger partial charge in [-0.25, -0.2) is 5.10 Å². The number of rotatable bonds is 5. The summed E-state index contributed by atoms with van der Waals surface area (Å²) >= 11 is -1.28. The van der Waals surface area contributed by atoms with Crippen molar-refractivity contribution in [1.82, 2.24) is 10.2 Å². The third kappa shape index (κ3) is 4.01. The minimum absolute atomic E-state index is 0.146. The highest BCUT2D eigenvalue weighted by molar-refractivity contribution is 7.91. The maximum absolute atomic E-state index is 12.0. The number of aromatic nitrogens is 2. The fourth-order valence-electron chi connectivity index (χ4n) is 1.76. The van der Waals surface area contributed by atoms with Crippen molar-refractivity contribution < 1.29 is 9.29 Å². The summed E-state index contributed by atoms with van der Waals surface area (Å²) in [6.45, 7) is 0. The smallest absolute Gasteiger partial charge is 0.264 e. The van der Waals surface area contributed by atoms with E-state index in [0.717, 1.165) is 5.56 Å². The molecule has 0 saturated carbocycles. The maximum atomic E-state index is 12.0. The zero-order valence-corrected chi connectivity index (χ0v) is 12.7. The van der Waals surface area contributed by atoms with Gasteiger partial charge in [0, 0.05) is 17.2 Å². The Labute approximate surface area is 131 Å². The molecule has 22 heavy (non-hydrogen) atoms. The summed E-state index contributed by atoms with van der Waals surface area (Å²) in [5.41, 5.74) is 1.23. The Balaban J connectivity index is 2.24. The zero-order valence-electron chi connectivity index (χ0n) is 11.9. The number of hydrogen-bond acceptors (Lipinski definition) is 4. The fraction of sp³-hybridized carbons (Fsp3) is 0.125. The zero-order chi connectivity index (χ0) is 15.9. The highest BCUT2D eigenvalue weighted by atomic mass is 32.2. The molecule has 1 atom stereocenters. The number of benzene rings is 1. The van der Waals surface area contributed by atoms with Crippen LogP contribution in [0.2, 0.25) is 0 Å². The van der Waals surface area contributed by atoms with Crippen molar-refractivity contribution in [2.45, 2.75) is 4.90 Å². The molecular weight excluding hydrogens is 300 g/mol. The molecule has 1 N–H and O–H groups in total. The summed E-state index contributed by atoms with van der Waals surface area (Å²) in [4.78, 5) is 11.5. The Morgan fingerprint density at radius 3 is 2.86 bits per heavy atom. The molecular formula is C16H14N2O3S. The lowest BCUT2D eigenvalue weighted by atomic mass is 10.2. The predicted octanol–water partition coefficient (Wildman–Crippen LogP) is 1.69. The third-order valence-corrected chi connectivity index (χ3v) is 4.05. The monoisotopic (exact) mass is 314 g/mol. The van der Waals surface area contributed by atoms with E-state index in [0.29, 0.717) is 16.3 Å². The lowest BCUT2D eigenvalue weighted by Gasteiger charge is -2.11. The van der Waals surface area contributed by atoms with Crippen LogP contribution in [0.5, 0.6) is 5.75 Å². The number of H-pyrrole nitrogens is 1. The fourth-order valence-corrected chi connectivity index (χ4v) is 2.65. The van der Waals surface area contributed by atoms with Crippen molar-refractivity contribution in [2.24, 2.45) is 0 Å². The lowest BCUT2D eigenvalue weighted by Crippen LogP contribution is -2.07. The van der Waals surface area contributed by atoms with Crippen LogP contribution in [0.3, 0.4) is 0 Å². The van der Waals surface area contributed by atoms with E-state index in [1.54, 1.807) is 24.3 Å². The van der Waals surface area contributed by atoms with Gasteiger partial charge < -0.3 is 9.29 Å². The van der Waals surface area contributed by atoms with Gasteiger partial charge in [0.25, 0.3) is 5.56 Å². The van der Waals surface area contributed by atoms with E-state index in [1.807, 2.05) is 12.1 Å². The molecule has 2 rings (SSSR count). The molecule has 1 aromatic heterocycles. The molecule has 1 unspecified atom stereocenters. The molecule has 0 bridgehead atoms. The first-order valence-corrected chi connectivity index (χ1v) is 7.69.